The van der Waals surface area contributed by atoms with Gasteiger partial charge < -0.3 is 14.2 Å². The number of methoxy groups -OCH3 is 3. The molecule has 2 heterocycles. The Kier molecular flexibility index (Phi) is 7.67. The van der Waals surface area contributed by atoms with Crippen LogP contribution in [0, 0.1) is 0 Å². The number of rotatable bonds is 9. The minimum atomic E-state index is -0.117. The summed E-state index contributed by atoms with van der Waals surface area (Å²) in [4.78, 5) is 5.00. The Bertz CT molecular complexity index is 1100. The highest BCUT2D eigenvalue weighted by molar-refractivity contribution is 5.55. The van der Waals surface area contributed by atoms with Crippen molar-refractivity contribution in [1.82, 2.24) is 30.0 Å². The quantitative estimate of drug-likeness (QED) is 0.447. The molecule has 1 saturated carbocycles. The van der Waals surface area contributed by atoms with Crippen molar-refractivity contribution in [3.63, 3.8) is 0 Å². The van der Waals surface area contributed by atoms with E-state index in [2.05, 4.69) is 60.3 Å². The van der Waals surface area contributed by atoms with Crippen LogP contribution in [0.4, 0.5) is 0 Å². The first-order valence-corrected chi connectivity index (χ1v) is 12.8. The fraction of sp³-hybridized carbons (Fsp3) is 0.519. The van der Waals surface area contributed by atoms with E-state index >= 15 is 0 Å². The Morgan fingerprint density at radius 3 is 2.17 bits per heavy atom. The molecule has 0 amide bonds. The molecule has 1 saturated heterocycles. The molecule has 1 aromatic heterocycles. The third-order valence-corrected chi connectivity index (χ3v) is 7.46. The molecule has 2 aromatic carbocycles. The fourth-order valence-electron chi connectivity index (χ4n) is 5.59. The normalized spacial score (nSPS) is 18.3. The lowest BCUT2D eigenvalue weighted by molar-refractivity contribution is 0.0991. The van der Waals surface area contributed by atoms with E-state index in [9.17, 15) is 0 Å². The summed E-state index contributed by atoms with van der Waals surface area (Å²) in [6, 6.07) is 15.0. The minimum Gasteiger partial charge on any atom is -0.493 e. The zero-order valence-corrected chi connectivity index (χ0v) is 21.5. The van der Waals surface area contributed by atoms with Crippen LogP contribution in [0.1, 0.15) is 54.7 Å². The zero-order chi connectivity index (χ0) is 24.9. The van der Waals surface area contributed by atoms with E-state index in [1.165, 1.54) is 18.4 Å². The number of aromatic nitrogens is 4. The van der Waals surface area contributed by atoms with Gasteiger partial charge in [-0.05, 0) is 46.5 Å². The maximum Gasteiger partial charge on any atom is 0.203 e. The maximum absolute atomic E-state index is 5.70. The molecule has 9 heteroatoms. The molecule has 2 aliphatic rings. The van der Waals surface area contributed by atoms with Crippen LogP contribution in [0.25, 0.3) is 0 Å². The van der Waals surface area contributed by atoms with Gasteiger partial charge in [-0.1, -0.05) is 43.2 Å². The second-order valence-corrected chi connectivity index (χ2v) is 9.58. The van der Waals surface area contributed by atoms with Gasteiger partial charge in [0.25, 0.3) is 0 Å². The molecule has 36 heavy (non-hydrogen) atoms. The van der Waals surface area contributed by atoms with Gasteiger partial charge >= 0.3 is 0 Å². The molecule has 9 nitrogen and oxygen atoms in total. The molecule has 1 aliphatic carbocycles. The molecule has 1 atom stereocenters. The molecule has 0 N–H and O–H groups in total. The van der Waals surface area contributed by atoms with Crippen LogP contribution in [0.3, 0.4) is 0 Å². The van der Waals surface area contributed by atoms with Gasteiger partial charge in [0.15, 0.2) is 17.3 Å². The van der Waals surface area contributed by atoms with Gasteiger partial charge in [-0.3, -0.25) is 9.80 Å². The van der Waals surface area contributed by atoms with E-state index in [1.54, 1.807) is 21.3 Å². The second-order valence-electron chi connectivity index (χ2n) is 9.58. The standard InChI is InChI=1S/C27H36N6O3/c1-34-23-17-21(18-24(35-2)26(23)36-3)25(27-28-29-30-33(27)22-11-7-8-12-22)32-15-13-31(14-16-32)19-20-9-5-4-6-10-20/h4-6,9-10,17-18,22,25H,7-8,11-16,19H2,1-3H3/t25-/m1/s1. The van der Waals surface area contributed by atoms with Gasteiger partial charge in [-0.25, -0.2) is 4.68 Å². The Morgan fingerprint density at radius 1 is 0.889 bits per heavy atom. The monoisotopic (exact) mass is 492 g/mol. The fourth-order valence-corrected chi connectivity index (χ4v) is 5.59. The van der Waals surface area contributed by atoms with Crippen molar-refractivity contribution in [1.29, 1.82) is 0 Å². The Morgan fingerprint density at radius 2 is 1.56 bits per heavy atom. The van der Waals surface area contributed by atoms with Crippen molar-refractivity contribution in [3.05, 3.63) is 59.4 Å². The van der Waals surface area contributed by atoms with Gasteiger partial charge in [-0.15, -0.1) is 5.10 Å². The van der Waals surface area contributed by atoms with E-state index < -0.39 is 0 Å². The van der Waals surface area contributed by atoms with E-state index in [1.807, 2.05) is 12.1 Å². The first-order chi connectivity index (χ1) is 17.7. The first kappa shape index (κ1) is 24.5. The summed E-state index contributed by atoms with van der Waals surface area (Å²) in [5.41, 5.74) is 2.38. The lowest BCUT2D eigenvalue weighted by atomic mass is 10.0. The van der Waals surface area contributed by atoms with Gasteiger partial charge in [-0.2, -0.15) is 0 Å². The summed E-state index contributed by atoms with van der Waals surface area (Å²) in [6.45, 7) is 4.72. The smallest absolute Gasteiger partial charge is 0.203 e. The highest BCUT2D eigenvalue weighted by atomic mass is 16.5. The van der Waals surface area contributed by atoms with Gasteiger partial charge in [0.1, 0.15) is 0 Å². The number of nitrogens with zero attached hydrogens (tertiary/aromatic N) is 6. The summed E-state index contributed by atoms with van der Waals surface area (Å²) in [6.07, 6.45) is 4.67. The van der Waals surface area contributed by atoms with Crippen molar-refractivity contribution < 1.29 is 14.2 Å². The van der Waals surface area contributed by atoms with Crippen LogP contribution >= 0.6 is 0 Å². The summed E-state index contributed by atoms with van der Waals surface area (Å²) < 4.78 is 19.1. The first-order valence-electron chi connectivity index (χ1n) is 12.8. The highest BCUT2D eigenvalue weighted by Gasteiger charge is 2.34. The number of benzene rings is 2. The molecule has 0 spiro atoms. The topological polar surface area (TPSA) is 77.8 Å². The van der Waals surface area contributed by atoms with Crippen molar-refractivity contribution >= 4 is 0 Å². The Balaban J connectivity index is 1.47. The summed E-state index contributed by atoms with van der Waals surface area (Å²) in [5.74, 6) is 2.75. The molecule has 3 aromatic rings. The largest absolute Gasteiger partial charge is 0.493 e. The predicted molar refractivity (Wildman–Crippen MR) is 137 cm³/mol. The third kappa shape index (κ3) is 5.03. The summed E-state index contributed by atoms with van der Waals surface area (Å²) >= 11 is 0. The predicted octanol–water partition coefficient (Wildman–Crippen LogP) is 3.72. The molecule has 5 rings (SSSR count). The highest BCUT2D eigenvalue weighted by Crippen LogP contribution is 2.43. The van der Waals surface area contributed by atoms with E-state index in [0.717, 1.165) is 57.0 Å². The number of hydrogen-bond donors (Lipinski definition) is 0. The number of hydrogen-bond acceptors (Lipinski definition) is 8. The second kappa shape index (κ2) is 11.3. The number of ether oxygens (including phenoxy) is 3. The molecule has 2 fully saturated rings. The summed E-state index contributed by atoms with van der Waals surface area (Å²) in [7, 11) is 4.94. The number of piperazine rings is 1. The van der Waals surface area contributed by atoms with Crippen molar-refractivity contribution in [2.75, 3.05) is 47.5 Å². The average Bonchev–Trinajstić information content (AvgIpc) is 3.62. The van der Waals surface area contributed by atoms with Gasteiger partial charge in [0, 0.05) is 32.7 Å². The molecule has 192 valence electrons. The van der Waals surface area contributed by atoms with Crippen LogP contribution in [0.15, 0.2) is 42.5 Å². The van der Waals surface area contributed by atoms with E-state index in [0.29, 0.717) is 23.3 Å². The van der Waals surface area contributed by atoms with Crippen LogP contribution < -0.4 is 14.2 Å². The average molecular weight is 493 g/mol. The minimum absolute atomic E-state index is 0.117. The van der Waals surface area contributed by atoms with E-state index in [4.69, 9.17) is 14.2 Å². The molecule has 0 radical (unpaired) electrons. The van der Waals surface area contributed by atoms with E-state index in [-0.39, 0.29) is 6.04 Å². The zero-order valence-electron chi connectivity index (χ0n) is 21.5. The van der Waals surface area contributed by atoms with Gasteiger partial charge in [0.2, 0.25) is 5.75 Å². The lowest BCUT2D eigenvalue weighted by Gasteiger charge is -2.39. The van der Waals surface area contributed by atoms with Crippen LogP contribution in [-0.2, 0) is 6.54 Å². The third-order valence-electron chi connectivity index (χ3n) is 7.46. The molecular formula is C27H36N6O3. The molecule has 1 aliphatic heterocycles. The molecule has 0 unspecified atom stereocenters. The van der Waals surface area contributed by atoms with Crippen LogP contribution in [-0.4, -0.2) is 77.5 Å². The van der Waals surface area contributed by atoms with Crippen molar-refractivity contribution in [2.45, 2.75) is 44.3 Å². The molecule has 0 bridgehead atoms. The van der Waals surface area contributed by atoms with Crippen molar-refractivity contribution in [3.8, 4) is 17.2 Å². The van der Waals surface area contributed by atoms with Crippen LogP contribution in [0.5, 0.6) is 17.2 Å². The number of tetrazole rings is 1. The SMILES string of the molecule is COc1cc([C@H](c2nnnn2C2CCCC2)N2CCN(Cc3ccccc3)CC2)cc(OC)c1OC. The maximum atomic E-state index is 5.70. The van der Waals surface area contributed by atoms with Crippen LogP contribution in [0.2, 0.25) is 0 Å². The Labute approximate surface area is 212 Å². The summed E-state index contributed by atoms with van der Waals surface area (Å²) in [5, 5.41) is 13.2. The van der Waals surface area contributed by atoms with Crippen molar-refractivity contribution in [2.24, 2.45) is 0 Å². The Hall–Kier alpha value is -3.17. The molecular weight excluding hydrogens is 456 g/mol. The lowest BCUT2D eigenvalue weighted by Crippen LogP contribution is -2.48. The van der Waals surface area contributed by atoms with Gasteiger partial charge in [0.05, 0.1) is 33.4 Å².